The average molecular weight is 494 g/mol. The van der Waals surface area contributed by atoms with E-state index >= 15 is 0 Å². The summed E-state index contributed by atoms with van der Waals surface area (Å²) in [5.41, 5.74) is 2.37. The molecular weight excluding hydrogens is 462 g/mol. The molecule has 1 aromatic heterocycles. The Bertz CT molecular complexity index is 1260. The Morgan fingerprint density at radius 2 is 1.77 bits per heavy atom. The van der Waals surface area contributed by atoms with Crippen LogP contribution in [0.15, 0.2) is 58.5 Å². The second-order valence-corrected chi connectivity index (χ2v) is 9.94. The van der Waals surface area contributed by atoms with Crippen molar-refractivity contribution in [1.29, 1.82) is 0 Å². The molecule has 2 heterocycles. The van der Waals surface area contributed by atoms with Crippen molar-refractivity contribution in [1.82, 2.24) is 14.5 Å². The number of ether oxygens (including phenoxy) is 1. The summed E-state index contributed by atoms with van der Waals surface area (Å²) in [5.74, 6) is 0.199. The monoisotopic (exact) mass is 493 g/mol. The van der Waals surface area contributed by atoms with Crippen LogP contribution in [0.1, 0.15) is 45.1 Å². The fourth-order valence-electron chi connectivity index (χ4n) is 4.29. The molecule has 184 valence electrons. The molecule has 0 aliphatic carbocycles. The minimum Gasteiger partial charge on any atom is -0.466 e. The van der Waals surface area contributed by atoms with Crippen LogP contribution in [0, 0.1) is 5.92 Å². The number of aromatic nitrogens is 2. The molecule has 0 radical (unpaired) electrons. The fraction of sp³-hybridized carbons (Fsp3) is 0.407. The summed E-state index contributed by atoms with van der Waals surface area (Å²) in [6, 6.07) is 15.2. The van der Waals surface area contributed by atoms with E-state index in [1.807, 2.05) is 42.5 Å². The molecule has 1 aliphatic heterocycles. The molecule has 1 amide bonds. The van der Waals surface area contributed by atoms with Crippen molar-refractivity contribution in [2.45, 2.75) is 44.7 Å². The third kappa shape index (κ3) is 5.59. The quantitative estimate of drug-likeness (QED) is 0.276. The molecule has 1 saturated heterocycles. The SMILES string of the molecule is CCOC(=O)C1CCN(C(=O)CSc2nc3ccccc3c(=O)n2-c2ccc(C(C)C)cc2)CC1. The minimum absolute atomic E-state index is 0.0265. The van der Waals surface area contributed by atoms with E-state index in [1.165, 1.54) is 17.3 Å². The number of hydrogen-bond acceptors (Lipinski definition) is 6. The van der Waals surface area contributed by atoms with Gasteiger partial charge in [-0.15, -0.1) is 0 Å². The van der Waals surface area contributed by atoms with E-state index in [0.717, 1.165) is 5.69 Å². The fourth-order valence-corrected chi connectivity index (χ4v) is 5.20. The van der Waals surface area contributed by atoms with Crippen LogP contribution in [-0.4, -0.2) is 51.8 Å². The van der Waals surface area contributed by atoms with Gasteiger partial charge >= 0.3 is 5.97 Å². The highest BCUT2D eigenvalue weighted by molar-refractivity contribution is 7.99. The number of likely N-dealkylation sites (tertiary alicyclic amines) is 1. The first-order valence-corrected chi connectivity index (χ1v) is 13.1. The lowest BCUT2D eigenvalue weighted by molar-refractivity contribution is -0.151. The summed E-state index contributed by atoms with van der Waals surface area (Å²) in [6.45, 7) is 7.47. The first kappa shape index (κ1) is 25.0. The molecule has 0 bridgehead atoms. The Morgan fingerprint density at radius 1 is 1.09 bits per heavy atom. The van der Waals surface area contributed by atoms with Gasteiger partial charge in [0.1, 0.15) is 0 Å². The maximum absolute atomic E-state index is 13.4. The van der Waals surface area contributed by atoms with Crippen molar-refractivity contribution in [2.75, 3.05) is 25.4 Å². The number of amides is 1. The van der Waals surface area contributed by atoms with Crippen LogP contribution < -0.4 is 5.56 Å². The largest absolute Gasteiger partial charge is 0.466 e. The highest BCUT2D eigenvalue weighted by atomic mass is 32.2. The molecule has 0 spiro atoms. The number of rotatable bonds is 7. The van der Waals surface area contributed by atoms with E-state index < -0.39 is 0 Å². The van der Waals surface area contributed by atoms with E-state index in [0.29, 0.717) is 54.5 Å². The third-order valence-corrected chi connectivity index (χ3v) is 7.28. The summed E-state index contributed by atoms with van der Waals surface area (Å²) in [4.78, 5) is 44.9. The molecule has 35 heavy (non-hydrogen) atoms. The topological polar surface area (TPSA) is 81.5 Å². The lowest BCUT2D eigenvalue weighted by atomic mass is 9.97. The maximum atomic E-state index is 13.4. The molecule has 0 saturated carbocycles. The van der Waals surface area contributed by atoms with Gasteiger partial charge in [0, 0.05) is 13.1 Å². The molecule has 2 aromatic carbocycles. The highest BCUT2D eigenvalue weighted by Crippen LogP contribution is 2.25. The molecule has 1 fully saturated rings. The third-order valence-electron chi connectivity index (χ3n) is 6.36. The average Bonchev–Trinajstić information content (AvgIpc) is 2.87. The number of carbonyl (C=O) groups excluding carboxylic acids is 2. The van der Waals surface area contributed by atoms with E-state index in [4.69, 9.17) is 9.72 Å². The van der Waals surface area contributed by atoms with Gasteiger partial charge in [-0.25, -0.2) is 4.98 Å². The van der Waals surface area contributed by atoms with Crippen LogP contribution in [0.25, 0.3) is 16.6 Å². The summed E-state index contributed by atoms with van der Waals surface area (Å²) in [5, 5.41) is 1.03. The Hall–Kier alpha value is -3.13. The van der Waals surface area contributed by atoms with Gasteiger partial charge in [0.15, 0.2) is 5.16 Å². The van der Waals surface area contributed by atoms with Crippen LogP contribution in [0.5, 0.6) is 0 Å². The predicted molar refractivity (Wildman–Crippen MR) is 138 cm³/mol. The van der Waals surface area contributed by atoms with Gasteiger partial charge in [-0.2, -0.15) is 0 Å². The Labute approximate surface area is 209 Å². The number of esters is 1. The molecule has 4 rings (SSSR count). The van der Waals surface area contributed by atoms with Gasteiger partial charge in [0.05, 0.1) is 34.9 Å². The minimum atomic E-state index is -0.179. The molecule has 1 aliphatic rings. The van der Waals surface area contributed by atoms with Gasteiger partial charge < -0.3 is 9.64 Å². The van der Waals surface area contributed by atoms with Gasteiger partial charge in [-0.3, -0.25) is 19.0 Å². The molecular formula is C27H31N3O4S. The summed E-state index contributed by atoms with van der Waals surface area (Å²) in [6.07, 6.45) is 1.22. The van der Waals surface area contributed by atoms with Crippen LogP contribution >= 0.6 is 11.8 Å². The second kappa shape index (κ2) is 11.1. The first-order valence-electron chi connectivity index (χ1n) is 12.1. The normalized spacial score (nSPS) is 14.5. The number of hydrogen-bond donors (Lipinski definition) is 0. The zero-order chi connectivity index (χ0) is 24.9. The van der Waals surface area contributed by atoms with E-state index in [2.05, 4.69) is 13.8 Å². The number of piperidine rings is 1. The highest BCUT2D eigenvalue weighted by Gasteiger charge is 2.28. The van der Waals surface area contributed by atoms with Crippen molar-refractivity contribution < 1.29 is 14.3 Å². The first-order chi connectivity index (χ1) is 16.9. The van der Waals surface area contributed by atoms with Gasteiger partial charge in [-0.05, 0) is 55.5 Å². The smallest absolute Gasteiger partial charge is 0.309 e. The maximum Gasteiger partial charge on any atom is 0.309 e. The van der Waals surface area contributed by atoms with E-state index in [1.54, 1.807) is 22.5 Å². The lowest BCUT2D eigenvalue weighted by Gasteiger charge is -2.30. The van der Waals surface area contributed by atoms with Crippen LogP contribution in [0.4, 0.5) is 0 Å². The molecule has 3 aromatic rings. The number of thioether (sulfide) groups is 1. The van der Waals surface area contributed by atoms with Crippen molar-refractivity contribution >= 4 is 34.5 Å². The Morgan fingerprint density at radius 3 is 2.43 bits per heavy atom. The van der Waals surface area contributed by atoms with Gasteiger partial charge in [-0.1, -0.05) is 49.9 Å². The Kier molecular flexibility index (Phi) is 7.90. The predicted octanol–water partition coefficient (Wildman–Crippen LogP) is 4.40. The Balaban J connectivity index is 1.55. The van der Waals surface area contributed by atoms with Crippen molar-refractivity contribution in [3.8, 4) is 5.69 Å². The van der Waals surface area contributed by atoms with E-state index in [-0.39, 0.29) is 29.1 Å². The zero-order valence-electron chi connectivity index (χ0n) is 20.4. The zero-order valence-corrected chi connectivity index (χ0v) is 21.2. The summed E-state index contributed by atoms with van der Waals surface area (Å²) < 4.78 is 6.71. The summed E-state index contributed by atoms with van der Waals surface area (Å²) in [7, 11) is 0. The van der Waals surface area contributed by atoms with Crippen LogP contribution in [-0.2, 0) is 14.3 Å². The van der Waals surface area contributed by atoms with E-state index in [9.17, 15) is 14.4 Å². The lowest BCUT2D eigenvalue weighted by Crippen LogP contribution is -2.41. The molecule has 7 nitrogen and oxygen atoms in total. The van der Waals surface area contributed by atoms with Crippen LogP contribution in [0.2, 0.25) is 0 Å². The molecule has 0 N–H and O–H groups in total. The van der Waals surface area contributed by atoms with Gasteiger partial charge in [0.25, 0.3) is 5.56 Å². The molecule has 0 atom stereocenters. The van der Waals surface area contributed by atoms with Crippen LogP contribution in [0.3, 0.4) is 0 Å². The number of nitrogens with zero attached hydrogens (tertiary/aromatic N) is 3. The number of fused-ring (bicyclic) bond motifs is 1. The van der Waals surface area contributed by atoms with Crippen molar-refractivity contribution in [3.63, 3.8) is 0 Å². The number of carbonyl (C=O) groups is 2. The van der Waals surface area contributed by atoms with Crippen molar-refractivity contribution in [2.24, 2.45) is 5.92 Å². The standard InChI is InChI=1S/C27H31N3O4S/c1-4-34-26(33)20-13-15-29(16-14-20)24(31)17-35-27-28-23-8-6-5-7-22(23)25(32)30(27)21-11-9-19(10-12-21)18(2)3/h5-12,18,20H,4,13-17H2,1-3H3. The molecule has 0 unspecified atom stereocenters. The number of para-hydroxylation sites is 1. The summed E-state index contributed by atoms with van der Waals surface area (Å²) >= 11 is 1.27. The number of benzene rings is 2. The van der Waals surface area contributed by atoms with Gasteiger partial charge in [0.2, 0.25) is 5.91 Å². The van der Waals surface area contributed by atoms with Crippen molar-refractivity contribution in [3.05, 3.63) is 64.4 Å². The second-order valence-electron chi connectivity index (χ2n) is 8.99. The molecule has 8 heteroatoms.